The van der Waals surface area contributed by atoms with Crippen LogP contribution in [0.2, 0.25) is 0 Å². The zero-order valence-electron chi connectivity index (χ0n) is 12.8. The fourth-order valence-electron chi connectivity index (χ4n) is 2.82. The monoisotopic (exact) mass is 300 g/mol. The van der Waals surface area contributed by atoms with Crippen LogP contribution >= 0.6 is 0 Å². The van der Waals surface area contributed by atoms with Crippen LogP contribution in [0.15, 0.2) is 35.0 Å². The Morgan fingerprint density at radius 2 is 2.36 bits per heavy atom. The Balaban J connectivity index is 1.69. The molecule has 116 valence electrons. The number of pyridine rings is 1. The molecule has 0 spiro atoms. The summed E-state index contributed by atoms with van der Waals surface area (Å²) >= 11 is 0. The van der Waals surface area contributed by atoms with Crippen LogP contribution in [-0.4, -0.2) is 27.6 Å². The van der Waals surface area contributed by atoms with E-state index in [2.05, 4.69) is 15.5 Å². The van der Waals surface area contributed by atoms with Gasteiger partial charge in [0.25, 0.3) is 0 Å². The summed E-state index contributed by atoms with van der Waals surface area (Å²) in [4.78, 5) is 18.6. The van der Waals surface area contributed by atoms with Crippen molar-refractivity contribution in [1.82, 2.24) is 20.4 Å². The molecular formula is C16H20N4O2. The van der Waals surface area contributed by atoms with Crippen molar-refractivity contribution in [3.8, 4) is 0 Å². The molecule has 22 heavy (non-hydrogen) atoms. The molecule has 2 atom stereocenters. The van der Waals surface area contributed by atoms with E-state index >= 15 is 0 Å². The van der Waals surface area contributed by atoms with Crippen molar-refractivity contribution in [2.24, 2.45) is 0 Å². The van der Waals surface area contributed by atoms with Crippen LogP contribution in [0, 0.1) is 6.92 Å². The van der Waals surface area contributed by atoms with Gasteiger partial charge in [-0.05, 0) is 38.8 Å². The number of rotatable bonds is 3. The molecule has 0 bridgehead atoms. The summed E-state index contributed by atoms with van der Waals surface area (Å²) < 4.78 is 5.33. The molecule has 0 aromatic carbocycles. The predicted octanol–water partition coefficient (Wildman–Crippen LogP) is 2.99. The van der Waals surface area contributed by atoms with Gasteiger partial charge < -0.3 is 14.7 Å². The molecule has 1 saturated heterocycles. The van der Waals surface area contributed by atoms with Gasteiger partial charge in [0.2, 0.25) is 0 Å². The van der Waals surface area contributed by atoms with Gasteiger partial charge in [-0.2, -0.15) is 0 Å². The summed E-state index contributed by atoms with van der Waals surface area (Å²) in [5, 5.41) is 6.93. The van der Waals surface area contributed by atoms with Gasteiger partial charge in [-0.3, -0.25) is 4.98 Å². The van der Waals surface area contributed by atoms with Crippen molar-refractivity contribution < 1.29 is 9.32 Å². The minimum absolute atomic E-state index is 0.0304. The molecule has 0 radical (unpaired) electrons. The molecule has 2 aromatic rings. The largest absolute Gasteiger partial charge is 0.359 e. The van der Waals surface area contributed by atoms with Crippen LogP contribution in [-0.2, 0) is 0 Å². The Bertz CT molecular complexity index is 641. The maximum atomic E-state index is 12.5. The van der Waals surface area contributed by atoms with E-state index in [1.165, 1.54) is 0 Å². The Morgan fingerprint density at radius 1 is 1.50 bits per heavy atom. The van der Waals surface area contributed by atoms with Gasteiger partial charge in [-0.15, -0.1) is 0 Å². The lowest BCUT2D eigenvalue weighted by Gasteiger charge is -2.25. The van der Waals surface area contributed by atoms with E-state index in [1.807, 2.05) is 43.0 Å². The van der Waals surface area contributed by atoms with Gasteiger partial charge in [0.1, 0.15) is 0 Å². The quantitative estimate of drug-likeness (QED) is 0.946. The molecule has 0 saturated carbocycles. The average molecular weight is 300 g/mol. The van der Waals surface area contributed by atoms with Gasteiger partial charge in [0.05, 0.1) is 23.5 Å². The molecular weight excluding hydrogens is 280 g/mol. The van der Waals surface area contributed by atoms with Gasteiger partial charge in [0.15, 0.2) is 5.76 Å². The number of hydrogen-bond acceptors (Lipinski definition) is 4. The molecule has 3 rings (SSSR count). The Labute approximate surface area is 129 Å². The molecule has 2 amide bonds. The van der Waals surface area contributed by atoms with Gasteiger partial charge in [0, 0.05) is 18.8 Å². The molecule has 2 aromatic heterocycles. The smallest absolute Gasteiger partial charge is 0.318 e. The van der Waals surface area contributed by atoms with E-state index in [9.17, 15) is 4.79 Å². The van der Waals surface area contributed by atoms with Crippen molar-refractivity contribution in [2.45, 2.75) is 38.8 Å². The number of carbonyl (C=O) groups is 1. The lowest BCUT2D eigenvalue weighted by atomic mass is 10.1. The molecule has 6 nitrogen and oxygen atoms in total. The Morgan fingerprint density at radius 3 is 3.05 bits per heavy atom. The molecule has 6 heteroatoms. The van der Waals surface area contributed by atoms with Crippen LogP contribution in [0.25, 0.3) is 0 Å². The van der Waals surface area contributed by atoms with Gasteiger partial charge in [-0.25, -0.2) is 4.79 Å². The number of amides is 2. The number of hydrogen-bond donors (Lipinski definition) is 1. The summed E-state index contributed by atoms with van der Waals surface area (Å²) in [6.45, 7) is 4.55. The average Bonchev–Trinajstić information content (AvgIpc) is 3.16. The number of carbonyl (C=O) groups excluding carboxylic acids is 1. The lowest BCUT2D eigenvalue weighted by molar-refractivity contribution is 0.179. The first-order valence-electron chi connectivity index (χ1n) is 7.56. The van der Waals surface area contributed by atoms with E-state index in [4.69, 9.17) is 4.52 Å². The van der Waals surface area contributed by atoms with Crippen LogP contribution in [0.5, 0.6) is 0 Å². The fraction of sp³-hybridized carbons (Fsp3) is 0.438. The number of aromatic nitrogens is 2. The van der Waals surface area contributed by atoms with Crippen molar-refractivity contribution in [1.29, 1.82) is 0 Å². The molecule has 1 fully saturated rings. The zero-order chi connectivity index (χ0) is 15.5. The number of nitrogens with zero attached hydrogens (tertiary/aromatic N) is 3. The summed E-state index contributed by atoms with van der Waals surface area (Å²) in [6, 6.07) is 7.34. The highest BCUT2D eigenvalue weighted by Crippen LogP contribution is 2.32. The molecule has 3 heterocycles. The third-order valence-corrected chi connectivity index (χ3v) is 3.96. The number of aryl methyl sites for hydroxylation is 1. The molecule has 1 aliphatic heterocycles. The summed E-state index contributed by atoms with van der Waals surface area (Å²) in [5.74, 6) is 0.760. The topological polar surface area (TPSA) is 71.3 Å². The summed E-state index contributed by atoms with van der Waals surface area (Å²) in [5.41, 5.74) is 1.69. The number of likely N-dealkylation sites (tertiary alicyclic amines) is 1. The van der Waals surface area contributed by atoms with Crippen LogP contribution in [0.3, 0.4) is 0 Å². The summed E-state index contributed by atoms with van der Waals surface area (Å²) in [6.07, 6.45) is 3.60. The minimum Gasteiger partial charge on any atom is -0.359 e. The second-order valence-electron chi connectivity index (χ2n) is 5.65. The summed E-state index contributed by atoms with van der Waals surface area (Å²) in [7, 11) is 0. The first kappa shape index (κ1) is 14.6. The zero-order valence-corrected chi connectivity index (χ0v) is 12.8. The van der Waals surface area contributed by atoms with Crippen LogP contribution in [0.1, 0.15) is 49.0 Å². The highest BCUT2D eigenvalue weighted by Gasteiger charge is 2.33. The second-order valence-corrected chi connectivity index (χ2v) is 5.65. The van der Waals surface area contributed by atoms with Crippen LogP contribution in [0.4, 0.5) is 4.79 Å². The van der Waals surface area contributed by atoms with Crippen molar-refractivity contribution in [3.63, 3.8) is 0 Å². The molecule has 0 aliphatic carbocycles. The number of nitrogens with one attached hydrogen (secondary N) is 1. The SMILES string of the molecule is Cc1cc([C@H]2CCCN2C(=O)N[C@@H](C)c2ccccn2)on1. The van der Waals surface area contributed by atoms with Gasteiger partial charge in [-0.1, -0.05) is 11.2 Å². The Hall–Kier alpha value is -2.37. The van der Waals surface area contributed by atoms with E-state index in [0.29, 0.717) is 0 Å². The highest BCUT2D eigenvalue weighted by atomic mass is 16.5. The second kappa shape index (κ2) is 6.17. The van der Waals surface area contributed by atoms with Crippen molar-refractivity contribution >= 4 is 6.03 Å². The fourth-order valence-corrected chi connectivity index (χ4v) is 2.82. The number of urea groups is 1. The van der Waals surface area contributed by atoms with E-state index < -0.39 is 0 Å². The first-order valence-corrected chi connectivity index (χ1v) is 7.56. The lowest BCUT2D eigenvalue weighted by Crippen LogP contribution is -2.40. The Kier molecular flexibility index (Phi) is 4.09. The normalized spacial score (nSPS) is 19.2. The maximum Gasteiger partial charge on any atom is 0.318 e. The van der Waals surface area contributed by atoms with E-state index in [0.717, 1.165) is 36.5 Å². The third kappa shape index (κ3) is 2.95. The van der Waals surface area contributed by atoms with Gasteiger partial charge >= 0.3 is 6.03 Å². The third-order valence-electron chi connectivity index (χ3n) is 3.96. The molecule has 1 aliphatic rings. The van der Waals surface area contributed by atoms with Crippen molar-refractivity contribution in [2.75, 3.05) is 6.54 Å². The van der Waals surface area contributed by atoms with E-state index in [-0.39, 0.29) is 18.1 Å². The van der Waals surface area contributed by atoms with Crippen LogP contribution < -0.4 is 5.32 Å². The first-order chi connectivity index (χ1) is 10.6. The predicted molar refractivity (Wildman–Crippen MR) is 81.1 cm³/mol. The standard InChI is InChI=1S/C16H20N4O2/c1-11-10-15(22-19-11)14-7-5-9-20(14)16(21)18-12(2)13-6-3-4-8-17-13/h3-4,6,8,10,12,14H,5,7,9H2,1-2H3,(H,18,21)/t12-,14+/m0/s1. The van der Waals surface area contributed by atoms with E-state index in [1.54, 1.807) is 6.20 Å². The highest BCUT2D eigenvalue weighted by molar-refractivity contribution is 5.75. The minimum atomic E-state index is -0.133. The van der Waals surface area contributed by atoms with Crippen molar-refractivity contribution in [3.05, 3.63) is 47.6 Å². The molecule has 0 unspecified atom stereocenters. The molecule has 1 N–H and O–H groups in total. The maximum absolute atomic E-state index is 12.5.